The summed E-state index contributed by atoms with van der Waals surface area (Å²) in [6.45, 7) is 3.60. The Morgan fingerprint density at radius 2 is 1.96 bits per heavy atom. The fourth-order valence-electron chi connectivity index (χ4n) is 2.58. The molecule has 0 atom stereocenters. The van der Waals surface area contributed by atoms with Crippen molar-refractivity contribution in [3.63, 3.8) is 0 Å². The Balaban J connectivity index is 1.40. The molecule has 24 heavy (non-hydrogen) atoms. The first-order chi connectivity index (χ1) is 11.7. The van der Waals surface area contributed by atoms with Crippen LogP contribution in [0.2, 0.25) is 0 Å². The third-order valence-corrected chi connectivity index (χ3v) is 5.05. The van der Waals surface area contributed by atoms with E-state index in [4.69, 9.17) is 0 Å². The minimum atomic E-state index is 0.0822. The fraction of sp³-hybridized carbons (Fsp3) is 0.263. The van der Waals surface area contributed by atoms with Crippen molar-refractivity contribution < 1.29 is 4.79 Å². The van der Waals surface area contributed by atoms with Gasteiger partial charge in [-0.3, -0.25) is 4.79 Å². The van der Waals surface area contributed by atoms with E-state index in [0.29, 0.717) is 12.3 Å². The number of nitrogens with one attached hydrogen (secondary N) is 1. The van der Waals surface area contributed by atoms with Crippen LogP contribution in [-0.2, 0) is 11.3 Å². The van der Waals surface area contributed by atoms with Gasteiger partial charge < -0.3 is 9.88 Å². The monoisotopic (exact) mass is 339 g/mol. The molecule has 5 heteroatoms. The van der Waals surface area contributed by atoms with Crippen LogP contribution in [0.3, 0.4) is 0 Å². The standard InChI is InChI=1S/C19H21N3OS/c1-15-7-2-5-10-18(15)24-13-19(23)20-11-6-12-22-14-21-16-8-3-4-9-17(16)22/h2-5,7-10,14H,6,11-13H2,1H3,(H,20,23). The van der Waals surface area contributed by atoms with Crippen molar-refractivity contribution >= 4 is 28.7 Å². The first-order valence-corrected chi connectivity index (χ1v) is 9.07. The SMILES string of the molecule is Cc1ccccc1SCC(=O)NCCCn1cnc2ccccc21. The average molecular weight is 339 g/mol. The van der Waals surface area contributed by atoms with E-state index >= 15 is 0 Å². The Hall–Kier alpha value is -2.27. The molecule has 0 aliphatic heterocycles. The predicted octanol–water partition coefficient (Wildman–Crippen LogP) is 3.64. The van der Waals surface area contributed by atoms with Gasteiger partial charge >= 0.3 is 0 Å². The molecule has 1 N–H and O–H groups in total. The van der Waals surface area contributed by atoms with Gasteiger partial charge in [-0.1, -0.05) is 30.3 Å². The molecule has 0 spiro atoms. The van der Waals surface area contributed by atoms with Crippen LogP contribution in [-0.4, -0.2) is 27.8 Å². The summed E-state index contributed by atoms with van der Waals surface area (Å²) in [5.74, 6) is 0.539. The maximum absolute atomic E-state index is 12.0. The highest BCUT2D eigenvalue weighted by atomic mass is 32.2. The Morgan fingerprint density at radius 3 is 2.83 bits per heavy atom. The van der Waals surface area contributed by atoms with Gasteiger partial charge in [-0.2, -0.15) is 0 Å². The molecule has 1 heterocycles. The van der Waals surface area contributed by atoms with E-state index in [1.807, 2.05) is 36.7 Å². The van der Waals surface area contributed by atoms with Gasteiger partial charge in [-0.15, -0.1) is 11.8 Å². The lowest BCUT2D eigenvalue weighted by atomic mass is 10.2. The molecule has 124 valence electrons. The van der Waals surface area contributed by atoms with E-state index in [-0.39, 0.29) is 5.91 Å². The number of hydrogen-bond acceptors (Lipinski definition) is 3. The number of fused-ring (bicyclic) bond motifs is 1. The van der Waals surface area contributed by atoms with Gasteiger partial charge in [0.15, 0.2) is 0 Å². The second-order valence-corrected chi connectivity index (χ2v) is 6.70. The molecule has 0 fully saturated rings. The summed E-state index contributed by atoms with van der Waals surface area (Å²) >= 11 is 1.59. The van der Waals surface area contributed by atoms with Gasteiger partial charge in [0.05, 0.1) is 23.1 Å². The number of aromatic nitrogens is 2. The highest BCUT2D eigenvalue weighted by Crippen LogP contribution is 2.21. The lowest BCUT2D eigenvalue weighted by molar-refractivity contribution is -0.118. The van der Waals surface area contributed by atoms with Crippen molar-refractivity contribution in [1.82, 2.24) is 14.9 Å². The predicted molar refractivity (Wildman–Crippen MR) is 99.3 cm³/mol. The third kappa shape index (κ3) is 4.17. The zero-order chi connectivity index (χ0) is 16.8. The normalized spacial score (nSPS) is 10.9. The maximum atomic E-state index is 12.0. The summed E-state index contributed by atoms with van der Waals surface area (Å²) < 4.78 is 2.13. The molecule has 0 aliphatic rings. The van der Waals surface area contributed by atoms with E-state index in [9.17, 15) is 4.79 Å². The quantitative estimate of drug-likeness (QED) is 0.528. The number of rotatable bonds is 7. The maximum Gasteiger partial charge on any atom is 0.230 e. The molecular formula is C19H21N3OS. The Bertz CT molecular complexity index is 828. The molecule has 3 rings (SSSR count). The number of carbonyl (C=O) groups is 1. The van der Waals surface area contributed by atoms with Crippen LogP contribution in [0.1, 0.15) is 12.0 Å². The van der Waals surface area contributed by atoms with E-state index in [0.717, 1.165) is 28.9 Å². The summed E-state index contributed by atoms with van der Waals surface area (Å²) in [6.07, 6.45) is 2.75. The van der Waals surface area contributed by atoms with Gasteiger partial charge in [0.1, 0.15) is 0 Å². The Kier molecular flexibility index (Phi) is 5.54. The highest BCUT2D eigenvalue weighted by Gasteiger charge is 2.05. The number of para-hydroxylation sites is 2. The number of hydrogen-bond donors (Lipinski definition) is 1. The van der Waals surface area contributed by atoms with Crippen molar-refractivity contribution in [2.45, 2.75) is 24.8 Å². The van der Waals surface area contributed by atoms with Crippen molar-refractivity contribution in [2.75, 3.05) is 12.3 Å². The zero-order valence-corrected chi connectivity index (χ0v) is 14.6. The van der Waals surface area contributed by atoms with Gasteiger partial charge in [0, 0.05) is 18.0 Å². The summed E-state index contributed by atoms with van der Waals surface area (Å²) in [7, 11) is 0. The van der Waals surface area contributed by atoms with Gasteiger partial charge in [-0.25, -0.2) is 4.98 Å². The largest absolute Gasteiger partial charge is 0.355 e. The second kappa shape index (κ2) is 8.02. The van der Waals surface area contributed by atoms with Gasteiger partial charge in [0.2, 0.25) is 5.91 Å². The number of amides is 1. The number of thioether (sulfide) groups is 1. The molecule has 0 saturated heterocycles. The minimum absolute atomic E-state index is 0.0822. The number of aryl methyl sites for hydroxylation is 2. The van der Waals surface area contributed by atoms with Gasteiger partial charge in [0.25, 0.3) is 0 Å². The molecule has 0 bridgehead atoms. The number of benzene rings is 2. The molecule has 0 unspecified atom stereocenters. The zero-order valence-electron chi connectivity index (χ0n) is 13.7. The van der Waals surface area contributed by atoms with E-state index in [1.165, 1.54) is 5.56 Å². The molecule has 2 aromatic carbocycles. The van der Waals surface area contributed by atoms with Crippen molar-refractivity contribution in [1.29, 1.82) is 0 Å². The van der Waals surface area contributed by atoms with Crippen LogP contribution in [0.15, 0.2) is 59.8 Å². The second-order valence-electron chi connectivity index (χ2n) is 5.68. The van der Waals surface area contributed by atoms with Crippen LogP contribution in [0, 0.1) is 6.92 Å². The minimum Gasteiger partial charge on any atom is -0.355 e. The van der Waals surface area contributed by atoms with Crippen LogP contribution in [0.4, 0.5) is 0 Å². The lowest BCUT2D eigenvalue weighted by Gasteiger charge is -2.08. The molecule has 0 saturated carbocycles. The third-order valence-electron chi connectivity index (χ3n) is 3.88. The molecule has 3 aromatic rings. The summed E-state index contributed by atoms with van der Waals surface area (Å²) in [4.78, 5) is 17.5. The molecule has 4 nitrogen and oxygen atoms in total. The first kappa shape index (κ1) is 16.6. The van der Waals surface area contributed by atoms with Crippen LogP contribution < -0.4 is 5.32 Å². The fourth-order valence-corrected chi connectivity index (χ4v) is 3.44. The summed E-state index contributed by atoms with van der Waals surface area (Å²) in [5.41, 5.74) is 3.36. The highest BCUT2D eigenvalue weighted by molar-refractivity contribution is 8.00. The topological polar surface area (TPSA) is 46.9 Å². The van der Waals surface area contributed by atoms with Crippen molar-refractivity contribution in [2.24, 2.45) is 0 Å². The van der Waals surface area contributed by atoms with Crippen LogP contribution in [0.5, 0.6) is 0 Å². The molecule has 0 radical (unpaired) electrons. The van der Waals surface area contributed by atoms with E-state index < -0.39 is 0 Å². The Labute approximate surface area is 146 Å². The van der Waals surface area contributed by atoms with Crippen molar-refractivity contribution in [3.05, 3.63) is 60.4 Å². The van der Waals surface area contributed by atoms with Crippen LogP contribution >= 0.6 is 11.8 Å². The number of imidazole rings is 1. The van der Waals surface area contributed by atoms with E-state index in [1.54, 1.807) is 11.8 Å². The smallest absolute Gasteiger partial charge is 0.230 e. The summed E-state index contributed by atoms with van der Waals surface area (Å²) in [5, 5.41) is 2.99. The van der Waals surface area contributed by atoms with Gasteiger partial charge in [-0.05, 0) is 37.1 Å². The molecule has 1 aromatic heterocycles. The summed E-state index contributed by atoms with van der Waals surface area (Å²) in [6, 6.07) is 16.2. The molecule has 0 aliphatic carbocycles. The average Bonchev–Trinajstić information content (AvgIpc) is 3.01. The molecule has 1 amide bonds. The first-order valence-electron chi connectivity index (χ1n) is 8.09. The number of carbonyl (C=O) groups excluding carboxylic acids is 1. The van der Waals surface area contributed by atoms with Crippen molar-refractivity contribution in [3.8, 4) is 0 Å². The molecular weight excluding hydrogens is 318 g/mol. The lowest BCUT2D eigenvalue weighted by Crippen LogP contribution is -2.26. The number of nitrogens with zero attached hydrogens (tertiary/aromatic N) is 2. The van der Waals surface area contributed by atoms with Crippen LogP contribution in [0.25, 0.3) is 11.0 Å². The van der Waals surface area contributed by atoms with E-state index in [2.05, 4.69) is 40.0 Å². The Morgan fingerprint density at radius 1 is 1.17 bits per heavy atom.